The zero-order valence-corrected chi connectivity index (χ0v) is 7.91. The molecule has 2 rings (SSSR count). The van der Waals surface area contributed by atoms with Gasteiger partial charge in [0.05, 0.1) is 31.8 Å². The molecule has 2 aromatic rings. The van der Waals surface area contributed by atoms with Crippen molar-refractivity contribution in [3.63, 3.8) is 0 Å². The van der Waals surface area contributed by atoms with Gasteiger partial charge in [0.25, 0.3) is 0 Å². The average molecular weight is 209 g/mol. The van der Waals surface area contributed by atoms with Gasteiger partial charge < -0.3 is 20.5 Å². The Hall–Kier alpha value is -1.73. The zero-order valence-electron chi connectivity index (χ0n) is 7.91. The molecule has 0 unspecified atom stereocenters. The van der Waals surface area contributed by atoms with E-state index in [-0.39, 0.29) is 19.1 Å². The minimum Gasteiger partial charge on any atom is -0.394 e. The van der Waals surface area contributed by atoms with Gasteiger partial charge in [-0.05, 0) is 0 Å². The molecule has 7 heteroatoms. The Morgan fingerprint density at radius 1 is 1.47 bits per heavy atom. The van der Waals surface area contributed by atoms with Crippen molar-refractivity contribution in [2.45, 2.75) is 12.6 Å². The number of rotatable bonds is 3. The Balaban J connectivity index is 2.36. The standard InChI is InChI=1S/C8H11N5O2/c9-8-10-1-6-7(12-8)11-4-13(6)2-5(15)3-14/h1,4-5,14-15H,2-3H2,(H2,9,10,12)/t5-/m1/s1. The lowest BCUT2D eigenvalue weighted by atomic mass is 10.3. The monoisotopic (exact) mass is 209 g/mol. The van der Waals surface area contributed by atoms with Gasteiger partial charge >= 0.3 is 0 Å². The molecule has 0 aliphatic heterocycles. The van der Waals surface area contributed by atoms with Gasteiger partial charge in [0, 0.05) is 0 Å². The summed E-state index contributed by atoms with van der Waals surface area (Å²) in [6.45, 7) is -0.0459. The van der Waals surface area contributed by atoms with Crippen LogP contribution < -0.4 is 5.73 Å². The van der Waals surface area contributed by atoms with Crippen LogP contribution >= 0.6 is 0 Å². The van der Waals surface area contributed by atoms with Gasteiger partial charge in [0.15, 0.2) is 5.65 Å². The molecule has 0 saturated heterocycles. The molecule has 0 saturated carbocycles. The number of nitrogens with two attached hydrogens (primary N) is 1. The largest absolute Gasteiger partial charge is 0.394 e. The molecule has 4 N–H and O–H groups in total. The van der Waals surface area contributed by atoms with E-state index in [1.807, 2.05) is 0 Å². The van der Waals surface area contributed by atoms with E-state index >= 15 is 0 Å². The van der Waals surface area contributed by atoms with Crippen LogP contribution in [0.25, 0.3) is 11.2 Å². The zero-order chi connectivity index (χ0) is 10.8. The maximum Gasteiger partial charge on any atom is 0.222 e. The molecule has 0 fully saturated rings. The Morgan fingerprint density at radius 3 is 3.00 bits per heavy atom. The number of hydrogen-bond donors (Lipinski definition) is 3. The molecular formula is C8H11N5O2. The van der Waals surface area contributed by atoms with Crippen molar-refractivity contribution in [1.82, 2.24) is 19.5 Å². The number of aromatic nitrogens is 4. The topological polar surface area (TPSA) is 110 Å². The maximum absolute atomic E-state index is 9.28. The van der Waals surface area contributed by atoms with Gasteiger partial charge in [-0.2, -0.15) is 4.98 Å². The highest BCUT2D eigenvalue weighted by molar-refractivity contribution is 5.70. The summed E-state index contributed by atoms with van der Waals surface area (Å²) in [7, 11) is 0. The molecule has 0 radical (unpaired) electrons. The number of fused-ring (bicyclic) bond motifs is 1. The van der Waals surface area contributed by atoms with Crippen LogP contribution in [0.15, 0.2) is 12.5 Å². The second kappa shape index (κ2) is 3.79. The first kappa shape index (κ1) is 9.81. The number of aliphatic hydroxyl groups excluding tert-OH is 2. The number of nitrogens with zero attached hydrogens (tertiary/aromatic N) is 4. The van der Waals surface area contributed by atoms with Crippen molar-refractivity contribution in [3.8, 4) is 0 Å². The number of hydrogen-bond acceptors (Lipinski definition) is 6. The highest BCUT2D eigenvalue weighted by Crippen LogP contribution is 2.10. The van der Waals surface area contributed by atoms with Crippen LogP contribution in [-0.2, 0) is 6.54 Å². The number of nitrogen functional groups attached to an aromatic ring is 1. The van der Waals surface area contributed by atoms with Gasteiger partial charge in [-0.1, -0.05) is 0 Å². The molecule has 1 atom stereocenters. The normalized spacial score (nSPS) is 13.2. The predicted molar refractivity (Wildman–Crippen MR) is 52.8 cm³/mol. The average Bonchev–Trinajstić information content (AvgIpc) is 2.60. The molecule has 0 aliphatic carbocycles. The smallest absolute Gasteiger partial charge is 0.222 e. The van der Waals surface area contributed by atoms with Crippen LogP contribution in [0.3, 0.4) is 0 Å². The summed E-state index contributed by atoms with van der Waals surface area (Å²) in [5.41, 5.74) is 6.56. The van der Waals surface area contributed by atoms with E-state index in [0.717, 1.165) is 0 Å². The Morgan fingerprint density at radius 2 is 2.27 bits per heavy atom. The van der Waals surface area contributed by atoms with Crippen molar-refractivity contribution in [3.05, 3.63) is 12.5 Å². The number of aliphatic hydroxyl groups is 2. The van der Waals surface area contributed by atoms with Crippen LogP contribution in [0.1, 0.15) is 0 Å². The molecule has 0 spiro atoms. The first-order chi connectivity index (χ1) is 7.20. The van der Waals surface area contributed by atoms with E-state index < -0.39 is 6.10 Å². The molecule has 80 valence electrons. The van der Waals surface area contributed by atoms with Gasteiger partial charge in [-0.15, -0.1) is 0 Å². The lowest BCUT2D eigenvalue weighted by Gasteiger charge is -2.08. The van der Waals surface area contributed by atoms with Gasteiger partial charge in [-0.3, -0.25) is 0 Å². The molecule has 0 aromatic carbocycles. The van der Waals surface area contributed by atoms with E-state index in [1.54, 1.807) is 4.57 Å². The summed E-state index contributed by atoms with van der Waals surface area (Å²) in [5.74, 6) is 0.162. The van der Waals surface area contributed by atoms with Crippen LogP contribution in [0.4, 0.5) is 5.95 Å². The summed E-state index contributed by atoms with van der Waals surface area (Å²) >= 11 is 0. The fourth-order valence-corrected chi connectivity index (χ4v) is 1.29. The summed E-state index contributed by atoms with van der Waals surface area (Å²) in [4.78, 5) is 11.8. The maximum atomic E-state index is 9.28. The quantitative estimate of drug-likeness (QED) is 0.583. The molecular weight excluding hydrogens is 198 g/mol. The molecule has 7 nitrogen and oxygen atoms in total. The molecule has 2 aromatic heterocycles. The van der Waals surface area contributed by atoms with E-state index in [4.69, 9.17) is 10.8 Å². The third-order valence-electron chi connectivity index (χ3n) is 2.02. The van der Waals surface area contributed by atoms with Crippen LogP contribution in [0.2, 0.25) is 0 Å². The van der Waals surface area contributed by atoms with Gasteiger partial charge in [-0.25, -0.2) is 9.97 Å². The Kier molecular flexibility index (Phi) is 2.48. The fraction of sp³-hybridized carbons (Fsp3) is 0.375. The van der Waals surface area contributed by atoms with Crippen LogP contribution in [0, 0.1) is 0 Å². The Labute approximate surface area is 85.2 Å². The van der Waals surface area contributed by atoms with E-state index in [1.165, 1.54) is 12.5 Å². The van der Waals surface area contributed by atoms with Crippen molar-refractivity contribution in [1.29, 1.82) is 0 Å². The summed E-state index contributed by atoms with van der Waals surface area (Å²) in [6.07, 6.45) is 2.24. The molecule has 0 amide bonds. The van der Waals surface area contributed by atoms with Crippen LogP contribution in [0.5, 0.6) is 0 Å². The minimum absolute atomic E-state index is 0.162. The Bertz CT molecular complexity index is 469. The lowest BCUT2D eigenvalue weighted by Crippen LogP contribution is -2.19. The minimum atomic E-state index is -0.819. The predicted octanol–water partition coefficient (Wildman–Crippen LogP) is -1.24. The van der Waals surface area contributed by atoms with E-state index in [9.17, 15) is 5.11 Å². The van der Waals surface area contributed by atoms with Gasteiger partial charge in [0.2, 0.25) is 5.95 Å². The number of imidazole rings is 1. The third-order valence-corrected chi connectivity index (χ3v) is 2.02. The van der Waals surface area contributed by atoms with Gasteiger partial charge in [0.1, 0.15) is 5.52 Å². The van der Waals surface area contributed by atoms with Crippen molar-refractivity contribution < 1.29 is 10.2 Å². The lowest BCUT2D eigenvalue weighted by molar-refractivity contribution is 0.0821. The first-order valence-corrected chi connectivity index (χ1v) is 4.43. The molecule has 0 aliphatic rings. The SMILES string of the molecule is Nc1ncc2c(ncn2C[C@@H](O)CO)n1. The summed E-state index contributed by atoms with van der Waals surface area (Å²) in [5, 5.41) is 18.0. The second-order valence-corrected chi connectivity index (χ2v) is 3.17. The van der Waals surface area contributed by atoms with Crippen LogP contribution in [-0.4, -0.2) is 42.4 Å². The number of anilines is 1. The molecule has 0 bridgehead atoms. The molecule has 2 heterocycles. The highest BCUT2D eigenvalue weighted by atomic mass is 16.3. The summed E-state index contributed by atoms with van der Waals surface area (Å²) in [6, 6.07) is 0. The highest BCUT2D eigenvalue weighted by Gasteiger charge is 2.08. The second-order valence-electron chi connectivity index (χ2n) is 3.17. The van der Waals surface area contributed by atoms with Crippen molar-refractivity contribution >= 4 is 17.1 Å². The van der Waals surface area contributed by atoms with Crippen molar-refractivity contribution in [2.75, 3.05) is 12.3 Å². The van der Waals surface area contributed by atoms with E-state index in [2.05, 4.69) is 15.0 Å². The fourth-order valence-electron chi connectivity index (χ4n) is 1.29. The van der Waals surface area contributed by atoms with E-state index in [0.29, 0.717) is 11.2 Å². The van der Waals surface area contributed by atoms with Crippen molar-refractivity contribution in [2.24, 2.45) is 0 Å². The summed E-state index contributed by atoms with van der Waals surface area (Å²) < 4.78 is 1.66. The molecule has 15 heavy (non-hydrogen) atoms. The first-order valence-electron chi connectivity index (χ1n) is 4.43. The third kappa shape index (κ3) is 1.88.